The van der Waals surface area contributed by atoms with E-state index in [1.807, 2.05) is 25.7 Å². The van der Waals surface area contributed by atoms with Crippen LogP contribution in [0, 0.1) is 0 Å². The van der Waals surface area contributed by atoms with Gasteiger partial charge in [0.05, 0.1) is 0 Å². The van der Waals surface area contributed by atoms with Gasteiger partial charge in [-0.25, -0.2) is 4.79 Å². The van der Waals surface area contributed by atoms with Crippen LogP contribution in [0.1, 0.15) is 40.0 Å². The number of rotatable bonds is 2. The molecular formula is C11H22N2O2. The van der Waals surface area contributed by atoms with E-state index in [1.165, 1.54) is 0 Å². The molecule has 0 unspecified atom stereocenters. The Morgan fingerprint density at radius 3 is 2.73 bits per heavy atom. The molecule has 1 atom stereocenters. The van der Waals surface area contributed by atoms with Crippen LogP contribution in [0.25, 0.3) is 0 Å². The smallest absolute Gasteiger partial charge is 0.410 e. The molecule has 2 N–H and O–H groups in total. The van der Waals surface area contributed by atoms with Gasteiger partial charge in [0.2, 0.25) is 0 Å². The first-order chi connectivity index (χ1) is 6.94. The molecule has 15 heavy (non-hydrogen) atoms. The SMILES string of the molecule is CC(C)(C)OC(=O)N1CCC[C@@H]1CCN. The molecule has 4 heteroatoms. The van der Waals surface area contributed by atoms with E-state index in [0.29, 0.717) is 6.54 Å². The first-order valence-corrected chi connectivity index (χ1v) is 5.64. The van der Waals surface area contributed by atoms with Crippen LogP contribution in [0.3, 0.4) is 0 Å². The second kappa shape index (κ2) is 4.84. The molecule has 88 valence electrons. The van der Waals surface area contributed by atoms with E-state index in [-0.39, 0.29) is 12.1 Å². The van der Waals surface area contributed by atoms with E-state index in [4.69, 9.17) is 10.5 Å². The maximum absolute atomic E-state index is 11.8. The second-order valence-corrected chi connectivity index (χ2v) is 5.05. The minimum absolute atomic E-state index is 0.196. The molecule has 1 aliphatic heterocycles. The number of hydrogen-bond acceptors (Lipinski definition) is 3. The van der Waals surface area contributed by atoms with E-state index < -0.39 is 5.60 Å². The van der Waals surface area contributed by atoms with Gasteiger partial charge >= 0.3 is 6.09 Å². The zero-order chi connectivity index (χ0) is 11.5. The Kier molecular flexibility index (Phi) is 3.97. The Morgan fingerprint density at radius 1 is 1.53 bits per heavy atom. The van der Waals surface area contributed by atoms with Gasteiger partial charge in [0, 0.05) is 12.6 Å². The third-order valence-corrected chi connectivity index (χ3v) is 2.51. The molecule has 1 fully saturated rings. The van der Waals surface area contributed by atoms with Gasteiger partial charge in [0.1, 0.15) is 5.60 Å². The fourth-order valence-electron chi connectivity index (χ4n) is 1.89. The van der Waals surface area contributed by atoms with E-state index in [1.54, 1.807) is 0 Å². The maximum Gasteiger partial charge on any atom is 0.410 e. The van der Waals surface area contributed by atoms with Crippen LogP contribution in [0.5, 0.6) is 0 Å². The number of amides is 1. The van der Waals surface area contributed by atoms with E-state index in [2.05, 4.69) is 0 Å². The number of nitrogens with two attached hydrogens (primary N) is 1. The fraction of sp³-hybridized carbons (Fsp3) is 0.909. The van der Waals surface area contributed by atoms with Gasteiger partial charge in [-0.1, -0.05) is 0 Å². The highest BCUT2D eigenvalue weighted by atomic mass is 16.6. The topological polar surface area (TPSA) is 55.6 Å². The van der Waals surface area contributed by atoms with Crippen molar-refractivity contribution in [2.75, 3.05) is 13.1 Å². The molecule has 1 saturated heterocycles. The Hall–Kier alpha value is -0.770. The van der Waals surface area contributed by atoms with Gasteiger partial charge in [-0.05, 0) is 46.6 Å². The lowest BCUT2D eigenvalue weighted by atomic mass is 10.1. The van der Waals surface area contributed by atoms with E-state index >= 15 is 0 Å². The minimum atomic E-state index is -0.410. The lowest BCUT2D eigenvalue weighted by molar-refractivity contribution is 0.0222. The Labute approximate surface area is 91.8 Å². The highest BCUT2D eigenvalue weighted by molar-refractivity contribution is 5.68. The van der Waals surface area contributed by atoms with Crippen LogP contribution in [0.4, 0.5) is 4.79 Å². The molecule has 0 radical (unpaired) electrons. The van der Waals surface area contributed by atoms with Crippen molar-refractivity contribution in [2.45, 2.75) is 51.7 Å². The molecule has 4 nitrogen and oxygen atoms in total. The molecule has 0 aromatic rings. The quantitative estimate of drug-likeness (QED) is 0.761. The van der Waals surface area contributed by atoms with Gasteiger partial charge in [-0.3, -0.25) is 0 Å². The number of nitrogens with zero attached hydrogens (tertiary/aromatic N) is 1. The third-order valence-electron chi connectivity index (χ3n) is 2.51. The predicted octanol–water partition coefficient (Wildman–Crippen LogP) is 1.73. The van der Waals surface area contributed by atoms with E-state index in [9.17, 15) is 4.79 Å². The summed E-state index contributed by atoms with van der Waals surface area (Å²) >= 11 is 0. The molecule has 0 aliphatic carbocycles. The van der Waals surface area contributed by atoms with Crippen LogP contribution < -0.4 is 5.73 Å². The van der Waals surface area contributed by atoms with Crippen molar-refractivity contribution in [1.29, 1.82) is 0 Å². The summed E-state index contributed by atoms with van der Waals surface area (Å²) in [5, 5.41) is 0. The van der Waals surface area contributed by atoms with Crippen molar-refractivity contribution in [1.82, 2.24) is 4.90 Å². The van der Waals surface area contributed by atoms with Crippen LogP contribution >= 0.6 is 0 Å². The van der Waals surface area contributed by atoms with Crippen molar-refractivity contribution in [3.63, 3.8) is 0 Å². The standard InChI is InChI=1S/C11H22N2O2/c1-11(2,3)15-10(14)13-8-4-5-9(13)6-7-12/h9H,4-8,12H2,1-3H3/t9-/m1/s1. The van der Waals surface area contributed by atoms with Crippen LogP contribution in [0.2, 0.25) is 0 Å². The van der Waals surface area contributed by atoms with Crippen molar-refractivity contribution in [3.8, 4) is 0 Å². The van der Waals surface area contributed by atoms with Crippen molar-refractivity contribution >= 4 is 6.09 Å². The van der Waals surface area contributed by atoms with Crippen LogP contribution in [-0.2, 0) is 4.74 Å². The van der Waals surface area contributed by atoms with Crippen LogP contribution in [-0.4, -0.2) is 35.7 Å². The summed E-state index contributed by atoms with van der Waals surface area (Å²) in [6, 6.07) is 0.282. The number of hydrogen-bond donors (Lipinski definition) is 1. The van der Waals surface area contributed by atoms with Gasteiger partial charge in [0.15, 0.2) is 0 Å². The first-order valence-electron chi connectivity index (χ1n) is 5.64. The summed E-state index contributed by atoms with van der Waals surface area (Å²) in [6.07, 6.45) is 2.79. The van der Waals surface area contributed by atoms with Gasteiger partial charge in [-0.2, -0.15) is 0 Å². The van der Waals surface area contributed by atoms with E-state index in [0.717, 1.165) is 25.8 Å². The van der Waals surface area contributed by atoms with Gasteiger partial charge in [0.25, 0.3) is 0 Å². The summed E-state index contributed by atoms with van der Waals surface area (Å²) in [4.78, 5) is 13.6. The van der Waals surface area contributed by atoms with Crippen molar-refractivity contribution < 1.29 is 9.53 Å². The lowest BCUT2D eigenvalue weighted by Gasteiger charge is -2.28. The zero-order valence-corrected chi connectivity index (χ0v) is 9.95. The number of ether oxygens (including phenoxy) is 1. The molecule has 0 spiro atoms. The Balaban J connectivity index is 2.51. The second-order valence-electron chi connectivity index (χ2n) is 5.05. The van der Waals surface area contributed by atoms with Crippen molar-refractivity contribution in [2.24, 2.45) is 5.73 Å². The molecule has 0 aromatic heterocycles. The maximum atomic E-state index is 11.8. The number of likely N-dealkylation sites (tertiary alicyclic amines) is 1. The summed E-state index contributed by atoms with van der Waals surface area (Å²) in [5.41, 5.74) is 5.11. The number of carbonyl (C=O) groups is 1. The van der Waals surface area contributed by atoms with Crippen molar-refractivity contribution in [3.05, 3.63) is 0 Å². The van der Waals surface area contributed by atoms with Crippen LogP contribution in [0.15, 0.2) is 0 Å². The average molecular weight is 214 g/mol. The Bertz CT molecular complexity index is 223. The summed E-state index contributed by atoms with van der Waals surface area (Å²) in [7, 11) is 0. The van der Waals surface area contributed by atoms with Gasteiger partial charge in [-0.15, -0.1) is 0 Å². The lowest BCUT2D eigenvalue weighted by Crippen LogP contribution is -2.40. The predicted molar refractivity (Wildman–Crippen MR) is 59.6 cm³/mol. The molecule has 1 aliphatic rings. The summed E-state index contributed by atoms with van der Waals surface area (Å²) in [6.45, 7) is 7.10. The molecule has 1 rings (SSSR count). The summed E-state index contributed by atoms with van der Waals surface area (Å²) in [5.74, 6) is 0. The fourth-order valence-corrected chi connectivity index (χ4v) is 1.89. The van der Waals surface area contributed by atoms with Gasteiger partial charge < -0.3 is 15.4 Å². The first kappa shape index (κ1) is 12.3. The Morgan fingerprint density at radius 2 is 2.20 bits per heavy atom. The molecule has 1 amide bonds. The molecule has 0 aromatic carbocycles. The normalized spacial score (nSPS) is 21.9. The number of carbonyl (C=O) groups excluding carboxylic acids is 1. The highest BCUT2D eigenvalue weighted by Gasteiger charge is 2.31. The molecule has 0 saturated carbocycles. The largest absolute Gasteiger partial charge is 0.444 e. The minimum Gasteiger partial charge on any atom is -0.444 e. The average Bonchev–Trinajstić information content (AvgIpc) is 2.49. The monoisotopic (exact) mass is 214 g/mol. The molecule has 1 heterocycles. The zero-order valence-electron chi connectivity index (χ0n) is 9.95. The summed E-state index contributed by atoms with van der Waals surface area (Å²) < 4.78 is 5.34. The highest BCUT2D eigenvalue weighted by Crippen LogP contribution is 2.22. The third kappa shape index (κ3) is 3.70. The molecule has 0 bridgehead atoms. The molecular weight excluding hydrogens is 192 g/mol.